The Morgan fingerprint density at radius 2 is 1.67 bits per heavy atom. The van der Waals surface area contributed by atoms with Gasteiger partial charge in [-0.3, -0.25) is 19.5 Å². The van der Waals surface area contributed by atoms with Crippen molar-refractivity contribution < 1.29 is 18.7 Å². The van der Waals surface area contributed by atoms with Crippen LogP contribution in [0.15, 0.2) is 73.1 Å². The van der Waals surface area contributed by atoms with Crippen molar-refractivity contribution >= 4 is 17.5 Å². The van der Waals surface area contributed by atoms with Crippen LogP contribution in [0, 0.1) is 5.82 Å². The van der Waals surface area contributed by atoms with Crippen molar-refractivity contribution in [2.45, 2.75) is 12.6 Å². The summed E-state index contributed by atoms with van der Waals surface area (Å²) in [7, 11) is 1.59. The number of ether oxygens (including phenoxy) is 1. The molecule has 2 amide bonds. The molecule has 0 unspecified atom stereocenters. The highest BCUT2D eigenvalue weighted by Crippen LogP contribution is 2.24. The summed E-state index contributed by atoms with van der Waals surface area (Å²) in [5.41, 5.74) is 2.81. The number of rotatable bonds is 8. The average molecular weight is 492 g/mol. The smallest absolute Gasteiger partial charge is 0.309 e. The van der Waals surface area contributed by atoms with Gasteiger partial charge in [-0.15, -0.1) is 0 Å². The van der Waals surface area contributed by atoms with Crippen LogP contribution in [0.4, 0.5) is 10.1 Å². The molecule has 1 aliphatic heterocycles. The van der Waals surface area contributed by atoms with Gasteiger partial charge in [-0.1, -0.05) is 18.2 Å². The summed E-state index contributed by atoms with van der Waals surface area (Å²) in [6.45, 7) is 3.54. The summed E-state index contributed by atoms with van der Waals surface area (Å²) in [5, 5.41) is 5.44. The molecule has 9 heteroatoms. The van der Waals surface area contributed by atoms with Gasteiger partial charge in [0, 0.05) is 57.3 Å². The zero-order valence-corrected chi connectivity index (χ0v) is 20.2. The second-order valence-corrected chi connectivity index (χ2v) is 8.54. The molecule has 8 nitrogen and oxygen atoms in total. The average Bonchev–Trinajstić information content (AvgIpc) is 2.93. The lowest BCUT2D eigenvalue weighted by atomic mass is 10.1. The topological polar surface area (TPSA) is 86.8 Å². The summed E-state index contributed by atoms with van der Waals surface area (Å²) >= 11 is 0. The molecule has 2 heterocycles. The number of amides is 2. The van der Waals surface area contributed by atoms with Crippen molar-refractivity contribution in [1.29, 1.82) is 0 Å². The summed E-state index contributed by atoms with van der Waals surface area (Å²) in [6, 6.07) is 17.5. The van der Waals surface area contributed by atoms with Gasteiger partial charge in [0.25, 0.3) is 0 Å². The number of methoxy groups -OCH3 is 1. The predicted octanol–water partition coefficient (Wildman–Crippen LogP) is 2.53. The maximum atomic E-state index is 13.3. The molecule has 3 aromatic rings. The number of anilines is 1. The minimum atomic E-state index is -0.683. The van der Waals surface area contributed by atoms with Crippen molar-refractivity contribution in [3.63, 3.8) is 0 Å². The van der Waals surface area contributed by atoms with E-state index >= 15 is 0 Å². The van der Waals surface area contributed by atoms with Gasteiger partial charge in [-0.2, -0.15) is 0 Å². The van der Waals surface area contributed by atoms with E-state index < -0.39 is 11.8 Å². The van der Waals surface area contributed by atoms with Gasteiger partial charge in [0.2, 0.25) is 0 Å². The first-order valence-corrected chi connectivity index (χ1v) is 11.9. The quantitative estimate of drug-likeness (QED) is 0.471. The van der Waals surface area contributed by atoms with Crippen LogP contribution in [0.2, 0.25) is 0 Å². The largest absolute Gasteiger partial charge is 0.497 e. The lowest BCUT2D eigenvalue weighted by Crippen LogP contribution is -2.50. The third-order valence-corrected chi connectivity index (χ3v) is 6.29. The first kappa shape index (κ1) is 25.1. The highest BCUT2D eigenvalue weighted by molar-refractivity contribution is 6.35. The number of hydrogen-bond acceptors (Lipinski definition) is 6. The Balaban J connectivity index is 1.33. The lowest BCUT2D eigenvalue weighted by Gasteiger charge is -2.40. The summed E-state index contributed by atoms with van der Waals surface area (Å²) in [6.07, 6.45) is 3.49. The number of hydrogen-bond donors (Lipinski definition) is 2. The Hall–Kier alpha value is -3.98. The summed E-state index contributed by atoms with van der Waals surface area (Å²) in [5.74, 6) is -0.889. The van der Waals surface area contributed by atoms with E-state index in [1.807, 2.05) is 24.3 Å². The fourth-order valence-electron chi connectivity index (χ4n) is 4.25. The number of carbonyl (C=O) groups excluding carboxylic acids is 2. The molecule has 1 aliphatic rings. The van der Waals surface area contributed by atoms with Crippen molar-refractivity contribution in [3.05, 3.63) is 90.0 Å². The van der Waals surface area contributed by atoms with Gasteiger partial charge in [-0.05, 0) is 53.6 Å². The molecule has 2 N–H and O–H groups in total. The third kappa shape index (κ3) is 6.57. The molecule has 1 fully saturated rings. The third-order valence-electron chi connectivity index (χ3n) is 6.29. The molecule has 188 valence electrons. The van der Waals surface area contributed by atoms with Crippen LogP contribution in [0.5, 0.6) is 5.75 Å². The fourth-order valence-corrected chi connectivity index (χ4v) is 4.25. The van der Waals surface area contributed by atoms with E-state index in [9.17, 15) is 14.0 Å². The Kier molecular flexibility index (Phi) is 8.46. The van der Waals surface area contributed by atoms with Gasteiger partial charge in [-0.25, -0.2) is 4.39 Å². The highest BCUT2D eigenvalue weighted by Gasteiger charge is 2.26. The van der Waals surface area contributed by atoms with E-state index in [4.69, 9.17) is 4.74 Å². The number of nitrogens with zero attached hydrogens (tertiary/aromatic N) is 3. The number of carbonyl (C=O) groups is 2. The van der Waals surface area contributed by atoms with Gasteiger partial charge < -0.3 is 20.3 Å². The second kappa shape index (κ2) is 12.1. The van der Waals surface area contributed by atoms with Crippen LogP contribution in [-0.2, 0) is 16.1 Å². The van der Waals surface area contributed by atoms with Crippen molar-refractivity contribution in [1.82, 2.24) is 20.5 Å². The molecular formula is C27H30FN5O3. The fraction of sp³-hybridized carbons (Fsp3) is 0.296. The molecular weight excluding hydrogens is 461 g/mol. The first-order chi connectivity index (χ1) is 17.5. The Bertz CT molecular complexity index is 1130. The number of benzene rings is 2. The molecule has 1 aromatic heterocycles. The zero-order chi connectivity index (χ0) is 25.3. The van der Waals surface area contributed by atoms with Crippen LogP contribution in [-0.4, -0.2) is 61.5 Å². The van der Waals surface area contributed by atoms with E-state index in [2.05, 4.69) is 25.4 Å². The van der Waals surface area contributed by atoms with Gasteiger partial charge in [0.1, 0.15) is 11.6 Å². The molecule has 1 atom stereocenters. The van der Waals surface area contributed by atoms with E-state index in [0.717, 1.165) is 48.7 Å². The summed E-state index contributed by atoms with van der Waals surface area (Å²) in [4.78, 5) is 33.6. The molecule has 36 heavy (non-hydrogen) atoms. The molecule has 2 aromatic carbocycles. The van der Waals surface area contributed by atoms with Crippen molar-refractivity contribution in [2.75, 3.05) is 44.7 Å². The number of halogens is 1. The minimum Gasteiger partial charge on any atom is -0.497 e. The normalized spacial score (nSPS) is 14.7. The molecule has 0 spiro atoms. The number of aromatic nitrogens is 1. The molecule has 0 aliphatic carbocycles. The van der Waals surface area contributed by atoms with Crippen LogP contribution in [0.25, 0.3) is 0 Å². The molecule has 4 rings (SSSR count). The monoisotopic (exact) mass is 491 g/mol. The maximum Gasteiger partial charge on any atom is 0.309 e. The van der Waals surface area contributed by atoms with Crippen LogP contribution in [0.1, 0.15) is 17.2 Å². The number of pyridine rings is 1. The van der Waals surface area contributed by atoms with E-state index in [0.29, 0.717) is 0 Å². The SMILES string of the molecule is COc1ccc(CNC(=O)C(=O)NC[C@@H](c2cccnc2)N2CCN(c3ccc(F)cc3)CC2)cc1. The van der Waals surface area contributed by atoms with Crippen LogP contribution in [0.3, 0.4) is 0 Å². The Labute approximate surface area is 210 Å². The Morgan fingerprint density at radius 3 is 2.31 bits per heavy atom. The standard InChI is InChI=1S/C27H30FN5O3/c1-36-24-10-4-20(5-11-24)17-30-26(34)27(35)31-19-25(21-3-2-12-29-18-21)33-15-13-32(14-16-33)23-8-6-22(28)7-9-23/h2-12,18,25H,13-17,19H2,1H3,(H,30,34)(H,31,35)/t25-/m0/s1. The van der Waals surface area contributed by atoms with Crippen molar-refractivity contribution in [3.8, 4) is 5.75 Å². The number of nitrogens with one attached hydrogen (secondary N) is 2. The first-order valence-electron chi connectivity index (χ1n) is 11.9. The molecule has 0 bridgehead atoms. The van der Waals surface area contributed by atoms with Gasteiger partial charge >= 0.3 is 11.8 Å². The van der Waals surface area contributed by atoms with Gasteiger partial charge in [0.15, 0.2) is 0 Å². The second-order valence-electron chi connectivity index (χ2n) is 8.54. The minimum absolute atomic E-state index is 0.132. The maximum absolute atomic E-state index is 13.3. The van der Waals surface area contributed by atoms with Crippen molar-refractivity contribution in [2.24, 2.45) is 0 Å². The van der Waals surface area contributed by atoms with Crippen LogP contribution >= 0.6 is 0 Å². The van der Waals surface area contributed by atoms with E-state index in [-0.39, 0.29) is 24.9 Å². The Morgan fingerprint density at radius 1 is 0.972 bits per heavy atom. The molecule has 0 radical (unpaired) electrons. The predicted molar refractivity (Wildman–Crippen MR) is 135 cm³/mol. The molecule has 1 saturated heterocycles. The van der Waals surface area contributed by atoms with Crippen LogP contribution < -0.4 is 20.3 Å². The lowest BCUT2D eigenvalue weighted by molar-refractivity contribution is -0.139. The summed E-state index contributed by atoms with van der Waals surface area (Å²) < 4.78 is 18.4. The van der Waals surface area contributed by atoms with E-state index in [1.54, 1.807) is 43.8 Å². The zero-order valence-electron chi connectivity index (χ0n) is 20.2. The van der Waals surface area contributed by atoms with E-state index in [1.165, 1.54) is 12.1 Å². The number of piperazine rings is 1. The highest BCUT2D eigenvalue weighted by atomic mass is 19.1. The van der Waals surface area contributed by atoms with Gasteiger partial charge in [0.05, 0.1) is 13.2 Å². The molecule has 0 saturated carbocycles.